The van der Waals surface area contributed by atoms with Gasteiger partial charge in [0.05, 0.1) is 50.8 Å². The molecule has 3 aliphatic heterocycles. The predicted octanol–water partition coefficient (Wildman–Crippen LogP) is 9.27. The summed E-state index contributed by atoms with van der Waals surface area (Å²) in [5, 5.41) is 9.54. The van der Waals surface area contributed by atoms with Gasteiger partial charge in [0.15, 0.2) is 0 Å². The van der Waals surface area contributed by atoms with Crippen LogP contribution in [0, 0.1) is 29.6 Å². The Labute approximate surface area is 419 Å². The van der Waals surface area contributed by atoms with Gasteiger partial charge in [-0.15, -0.1) is 0 Å². The van der Waals surface area contributed by atoms with E-state index in [4.69, 9.17) is 19.5 Å². The van der Waals surface area contributed by atoms with Crippen molar-refractivity contribution in [2.75, 3.05) is 20.8 Å². The molecular weight excluding hydrogens is 893 g/mol. The van der Waals surface area contributed by atoms with E-state index in [1.165, 1.54) is 73.3 Å². The van der Waals surface area contributed by atoms with Gasteiger partial charge in [-0.1, -0.05) is 115 Å². The number of carbonyl (C=O) groups excluding carboxylic acids is 4. The lowest BCUT2D eigenvalue weighted by molar-refractivity contribution is -0.137. The van der Waals surface area contributed by atoms with Crippen molar-refractivity contribution in [1.82, 2.24) is 35.7 Å². The molecule has 2 saturated heterocycles. The molecule has 0 radical (unpaired) electrons. The van der Waals surface area contributed by atoms with Crippen LogP contribution < -0.4 is 16.0 Å². The van der Waals surface area contributed by atoms with Crippen molar-refractivity contribution in [1.29, 1.82) is 0 Å². The highest BCUT2D eigenvalue weighted by atomic mass is 16.5. The molecule has 378 valence electrons. The topological polar surface area (TPSA) is 170 Å². The molecule has 1 spiro atoms. The number of nitrogens with one attached hydrogen (secondary N) is 4. The van der Waals surface area contributed by atoms with Crippen molar-refractivity contribution in [2.45, 2.75) is 159 Å². The summed E-state index contributed by atoms with van der Waals surface area (Å²) < 4.78 is 9.83. The fraction of sp³-hybridized carbons (Fsp3) is 0.579. The second-order valence-electron chi connectivity index (χ2n) is 22.0. The molecule has 3 aromatic rings. The number of fused-ring (bicyclic) bond motifs is 4. The molecule has 14 nitrogen and oxygen atoms in total. The highest BCUT2D eigenvalue weighted by Crippen LogP contribution is 2.56. The molecule has 14 heteroatoms. The van der Waals surface area contributed by atoms with E-state index >= 15 is 0 Å². The Morgan fingerprint density at radius 3 is 2.00 bits per heavy atom. The van der Waals surface area contributed by atoms with Crippen LogP contribution in [-0.2, 0) is 30.9 Å². The normalized spacial score (nSPS) is 27.6. The first-order valence-corrected chi connectivity index (χ1v) is 26.6. The maximum atomic E-state index is 14.3. The lowest BCUT2D eigenvalue weighted by Crippen LogP contribution is -2.56. The zero-order valence-corrected chi connectivity index (χ0v) is 42.8. The van der Waals surface area contributed by atoms with Crippen LogP contribution in [0.5, 0.6) is 0 Å². The number of likely N-dealkylation sites (tertiary alicyclic amines) is 2. The second kappa shape index (κ2) is 19.6. The summed E-state index contributed by atoms with van der Waals surface area (Å²) in [7, 11) is 2.66. The fourth-order valence-corrected chi connectivity index (χ4v) is 13.4. The number of piperidine rings is 2. The van der Waals surface area contributed by atoms with Gasteiger partial charge in [-0.05, 0) is 119 Å². The first-order valence-electron chi connectivity index (χ1n) is 26.6. The summed E-state index contributed by atoms with van der Waals surface area (Å²) in [5.41, 5.74) is 10.1. The van der Waals surface area contributed by atoms with Crippen molar-refractivity contribution >= 4 is 35.4 Å². The van der Waals surface area contributed by atoms with Crippen LogP contribution in [0.4, 0.5) is 9.59 Å². The standard InChI is InChI=1S/C57H74N8O6/c1-9-14-38(33(6)42-29-58-51(60-42)46-27-36-25-44(36)64(46)53(66)49(31(4)10-2)62-55(68)70-7)40-20-19-39(41-21-24-57(48(40)41)22-12-13-23-57)34-15-17-35(18-16-34)43-30-59-52(61-43)47-28-37-26-45(37)65(47)54(67)50(32(5)11-3)63-56(69)71-8/h9,14-20,30-33,36-37,42,44-47,49-50H,1,10-13,21-29H2,2-8H3,(H,58,60)(H,59,61)(H,62,68)(H,63,69)/b38-14+/t31?,32?,33-,36?,37?,42?,44?,45?,46+,47+,49+,50+/m1/s1. The number of amidine groups is 1. The minimum atomic E-state index is -0.665. The van der Waals surface area contributed by atoms with Gasteiger partial charge >= 0.3 is 12.2 Å². The summed E-state index contributed by atoms with van der Waals surface area (Å²) in [6.45, 7) is 15.2. The molecule has 4 aliphatic carbocycles. The number of rotatable bonds is 16. The molecule has 5 fully saturated rings. The number of amides is 4. The highest BCUT2D eigenvalue weighted by Gasteiger charge is 2.58. The van der Waals surface area contributed by atoms with Gasteiger partial charge in [-0.25, -0.2) is 14.6 Å². The number of nitrogens with zero attached hydrogens (tertiary/aromatic N) is 4. The monoisotopic (exact) mass is 967 g/mol. The largest absolute Gasteiger partial charge is 0.453 e. The summed E-state index contributed by atoms with van der Waals surface area (Å²) in [6.07, 6.45) is 17.1. The van der Waals surface area contributed by atoms with E-state index in [1.807, 2.05) is 49.8 Å². The number of alkyl carbamates (subject to hydrolysis) is 2. The number of H-pyrrole nitrogens is 1. The number of benzene rings is 2. The summed E-state index contributed by atoms with van der Waals surface area (Å²) in [6, 6.07) is 12.3. The zero-order valence-electron chi connectivity index (χ0n) is 42.8. The van der Waals surface area contributed by atoms with Crippen molar-refractivity contribution in [3.8, 4) is 22.4 Å². The van der Waals surface area contributed by atoms with Crippen molar-refractivity contribution in [3.05, 3.63) is 83.8 Å². The number of aromatic amines is 1. The molecule has 71 heavy (non-hydrogen) atoms. The number of imidazole rings is 1. The number of hydrogen-bond donors (Lipinski definition) is 4. The number of aliphatic imine (C=N–C) groups is 1. The maximum Gasteiger partial charge on any atom is 0.407 e. The molecule has 3 saturated carbocycles. The third kappa shape index (κ3) is 8.85. The van der Waals surface area contributed by atoms with Gasteiger partial charge in [0.1, 0.15) is 23.7 Å². The number of aromatic nitrogens is 2. The quantitative estimate of drug-likeness (QED) is 0.103. The Morgan fingerprint density at radius 2 is 1.41 bits per heavy atom. The Balaban J connectivity index is 0.880. The average molecular weight is 967 g/mol. The van der Waals surface area contributed by atoms with Crippen LogP contribution in [0.15, 0.2) is 66.3 Å². The summed E-state index contributed by atoms with van der Waals surface area (Å²) >= 11 is 0. The molecule has 7 aliphatic rings. The van der Waals surface area contributed by atoms with E-state index in [1.54, 1.807) is 0 Å². The SMILES string of the molecule is C=C/C=C(/c1ccc(-c2ccc(-c3cnc([C@@H]4CC5CC5N4C(=O)[C@@H](NC(=O)OC)C(C)CC)[nH]3)cc2)c2c1C1(CCCC1)CC2)[C@@H](C)C1CN=C([C@@H]2CC3CC3N2C(=O)[C@@H](NC(=O)OC)C(C)CC)N1. The summed E-state index contributed by atoms with van der Waals surface area (Å²) in [5.74, 6) is 2.47. The molecule has 4 heterocycles. The predicted molar refractivity (Wildman–Crippen MR) is 275 cm³/mol. The van der Waals surface area contributed by atoms with Crippen LogP contribution in [0.1, 0.15) is 134 Å². The van der Waals surface area contributed by atoms with Gasteiger partial charge in [-0.3, -0.25) is 14.6 Å². The van der Waals surface area contributed by atoms with Gasteiger partial charge in [0.25, 0.3) is 0 Å². The lowest BCUT2D eigenvalue weighted by Gasteiger charge is -2.34. The van der Waals surface area contributed by atoms with Gasteiger partial charge in [0.2, 0.25) is 11.8 Å². The second-order valence-corrected chi connectivity index (χ2v) is 22.0. The minimum Gasteiger partial charge on any atom is -0.453 e. The molecule has 7 unspecified atom stereocenters. The molecule has 4 N–H and O–H groups in total. The van der Waals surface area contributed by atoms with Gasteiger partial charge in [0, 0.05) is 18.0 Å². The van der Waals surface area contributed by atoms with E-state index in [9.17, 15) is 19.2 Å². The van der Waals surface area contributed by atoms with Crippen molar-refractivity contribution < 1.29 is 28.7 Å². The van der Waals surface area contributed by atoms with Crippen LogP contribution in [0.2, 0.25) is 0 Å². The Morgan fingerprint density at radius 1 is 0.817 bits per heavy atom. The molecule has 12 atom stereocenters. The number of ether oxygens (including phenoxy) is 2. The van der Waals surface area contributed by atoms with Crippen LogP contribution >= 0.6 is 0 Å². The Hall–Kier alpha value is -5.92. The fourth-order valence-electron chi connectivity index (χ4n) is 13.4. The van der Waals surface area contributed by atoms with E-state index in [0.29, 0.717) is 18.4 Å². The smallest absolute Gasteiger partial charge is 0.407 e. The Kier molecular flexibility index (Phi) is 13.4. The first-order chi connectivity index (χ1) is 34.3. The molecule has 4 amide bonds. The minimum absolute atomic E-state index is 0.0437. The number of allylic oxidation sites excluding steroid dienone is 2. The van der Waals surface area contributed by atoms with Crippen LogP contribution in [-0.4, -0.2) is 107 Å². The first kappa shape index (κ1) is 48.7. The molecular formula is C57H74N8O6. The van der Waals surface area contributed by atoms with Crippen molar-refractivity contribution in [2.24, 2.45) is 34.6 Å². The third-order valence-electron chi connectivity index (χ3n) is 18.1. The molecule has 1 aromatic heterocycles. The number of carbonyl (C=O) groups is 4. The lowest BCUT2D eigenvalue weighted by atomic mass is 9.74. The molecule has 10 rings (SSSR count). The van der Waals surface area contributed by atoms with Crippen LogP contribution in [0.25, 0.3) is 28.0 Å². The van der Waals surface area contributed by atoms with E-state index in [2.05, 4.69) is 76.9 Å². The molecule has 0 bridgehead atoms. The number of hydrogen-bond acceptors (Lipinski definition) is 9. The van der Waals surface area contributed by atoms with E-state index in [-0.39, 0.29) is 65.2 Å². The van der Waals surface area contributed by atoms with Gasteiger partial charge in [-0.2, -0.15) is 0 Å². The molecule has 2 aromatic carbocycles. The third-order valence-corrected chi connectivity index (χ3v) is 18.1. The van der Waals surface area contributed by atoms with E-state index < -0.39 is 24.3 Å². The van der Waals surface area contributed by atoms with E-state index in [0.717, 1.165) is 74.3 Å². The zero-order chi connectivity index (χ0) is 49.9. The van der Waals surface area contributed by atoms with Gasteiger partial charge < -0.3 is 40.2 Å². The average Bonchev–Trinajstić information content (AvgIpc) is 3.84. The Bertz CT molecular complexity index is 2610. The van der Waals surface area contributed by atoms with Crippen LogP contribution in [0.3, 0.4) is 0 Å². The summed E-state index contributed by atoms with van der Waals surface area (Å²) in [4.78, 5) is 70.8. The maximum absolute atomic E-state index is 14.3. The highest BCUT2D eigenvalue weighted by molar-refractivity contribution is 5.96. The van der Waals surface area contributed by atoms with Crippen molar-refractivity contribution in [3.63, 3.8) is 0 Å². The number of methoxy groups -OCH3 is 2.